The topological polar surface area (TPSA) is 46.2 Å². The second kappa shape index (κ2) is 1.98. The molecule has 1 aliphatic heterocycles. The van der Waals surface area contributed by atoms with Gasteiger partial charge in [-0.1, -0.05) is 0 Å². The molecule has 2 aliphatic rings. The van der Waals surface area contributed by atoms with Crippen molar-refractivity contribution in [3.05, 3.63) is 0 Å². The summed E-state index contributed by atoms with van der Waals surface area (Å²) >= 11 is 0. The van der Waals surface area contributed by atoms with Crippen molar-refractivity contribution in [3.63, 3.8) is 0 Å². The van der Waals surface area contributed by atoms with E-state index in [0.717, 1.165) is 25.9 Å². The molecule has 1 heterocycles. The Morgan fingerprint density at radius 1 is 1.36 bits per heavy atom. The number of nitrogens with one attached hydrogen (secondary N) is 1. The molecule has 0 radical (unpaired) electrons. The van der Waals surface area contributed by atoms with Crippen LogP contribution in [0.4, 0.5) is 0 Å². The normalized spacial score (nSPS) is 29.5. The molecule has 0 unspecified atom stereocenters. The predicted molar refractivity (Wildman–Crippen MR) is 43.2 cm³/mol. The predicted octanol–water partition coefficient (Wildman–Crippen LogP) is -0.217. The highest BCUT2D eigenvalue weighted by Gasteiger charge is 2.51. The molecule has 0 aromatic carbocycles. The van der Waals surface area contributed by atoms with Crippen molar-refractivity contribution in [3.8, 4) is 0 Å². The highest BCUT2D eigenvalue weighted by molar-refractivity contribution is 7.91. The molecule has 1 N–H and O–H groups in total. The minimum absolute atomic E-state index is 0.0374. The number of hydrogen-bond acceptors (Lipinski definition) is 3. The third-order valence-electron chi connectivity index (χ3n) is 2.93. The van der Waals surface area contributed by atoms with E-state index in [0.29, 0.717) is 5.41 Å². The van der Waals surface area contributed by atoms with Gasteiger partial charge in [-0.3, -0.25) is 0 Å². The minimum Gasteiger partial charge on any atom is -0.316 e. The number of hydrogen-bond donors (Lipinski definition) is 1. The van der Waals surface area contributed by atoms with Gasteiger partial charge in [0.15, 0.2) is 0 Å². The first-order chi connectivity index (χ1) is 5.02. The molecule has 0 bridgehead atoms. The van der Waals surface area contributed by atoms with Gasteiger partial charge in [0.05, 0.1) is 5.25 Å². The summed E-state index contributed by atoms with van der Waals surface area (Å²) in [5, 5.41) is 3.14. The minimum atomic E-state index is -2.74. The van der Waals surface area contributed by atoms with E-state index < -0.39 is 9.84 Å². The van der Waals surface area contributed by atoms with Crippen LogP contribution in [0.1, 0.15) is 12.8 Å². The van der Waals surface area contributed by atoms with E-state index in [2.05, 4.69) is 5.32 Å². The molecule has 1 saturated heterocycles. The van der Waals surface area contributed by atoms with Gasteiger partial charge in [-0.15, -0.1) is 0 Å². The zero-order valence-corrected chi connectivity index (χ0v) is 7.45. The van der Waals surface area contributed by atoms with Crippen LogP contribution in [0.2, 0.25) is 0 Å². The smallest absolute Gasteiger partial charge is 0.150 e. The molecule has 11 heavy (non-hydrogen) atoms. The maximum absolute atomic E-state index is 11.0. The maximum atomic E-state index is 11.0. The molecule has 2 fully saturated rings. The lowest BCUT2D eigenvalue weighted by Gasteiger charge is -2.53. The quantitative estimate of drug-likeness (QED) is 0.599. The first kappa shape index (κ1) is 7.55. The van der Waals surface area contributed by atoms with E-state index in [1.165, 1.54) is 6.26 Å². The van der Waals surface area contributed by atoms with Crippen molar-refractivity contribution in [1.29, 1.82) is 0 Å². The third kappa shape index (κ3) is 1.08. The molecular weight excluding hydrogens is 162 g/mol. The molecule has 1 aliphatic carbocycles. The largest absolute Gasteiger partial charge is 0.316 e. The second-order valence-corrected chi connectivity index (χ2v) is 6.29. The fraction of sp³-hybridized carbons (Fsp3) is 1.00. The molecule has 0 aromatic rings. The van der Waals surface area contributed by atoms with Gasteiger partial charge < -0.3 is 5.32 Å². The van der Waals surface area contributed by atoms with Gasteiger partial charge in [-0.05, 0) is 18.3 Å². The van der Waals surface area contributed by atoms with E-state index in [1.807, 2.05) is 0 Å². The lowest BCUT2D eigenvalue weighted by atomic mass is 9.64. The Labute approximate surface area is 67.1 Å². The summed E-state index contributed by atoms with van der Waals surface area (Å²) in [4.78, 5) is 0. The highest BCUT2D eigenvalue weighted by Crippen LogP contribution is 2.46. The SMILES string of the molecule is CS(=O)(=O)C1CC2(CNC2)C1. The summed E-state index contributed by atoms with van der Waals surface area (Å²) in [6.07, 6.45) is 3.12. The highest BCUT2D eigenvalue weighted by atomic mass is 32.2. The summed E-state index contributed by atoms with van der Waals surface area (Å²) in [5.74, 6) is 0. The second-order valence-electron chi connectivity index (χ2n) is 3.96. The van der Waals surface area contributed by atoms with Crippen molar-refractivity contribution >= 4 is 9.84 Å². The van der Waals surface area contributed by atoms with Gasteiger partial charge in [-0.2, -0.15) is 0 Å². The molecule has 0 atom stereocenters. The Morgan fingerprint density at radius 3 is 2.18 bits per heavy atom. The van der Waals surface area contributed by atoms with Crippen molar-refractivity contribution in [1.82, 2.24) is 5.32 Å². The van der Waals surface area contributed by atoms with Crippen LogP contribution >= 0.6 is 0 Å². The van der Waals surface area contributed by atoms with Crippen LogP contribution < -0.4 is 5.32 Å². The summed E-state index contributed by atoms with van der Waals surface area (Å²) in [5.41, 5.74) is 0.383. The first-order valence-electron chi connectivity index (χ1n) is 3.92. The molecule has 1 spiro atoms. The Balaban J connectivity index is 1.98. The lowest BCUT2D eigenvalue weighted by Crippen LogP contribution is -2.63. The summed E-state index contributed by atoms with van der Waals surface area (Å²) in [7, 11) is -2.74. The van der Waals surface area contributed by atoms with Gasteiger partial charge in [0.1, 0.15) is 9.84 Å². The Kier molecular flexibility index (Phi) is 1.36. The average Bonchev–Trinajstić information content (AvgIpc) is 1.49. The van der Waals surface area contributed by atoms with Gasteiger partial charge in [0.25, 0.3) is 0 Å². The molecule has 0 amide bonds. The monoisotopic (exact) mass is 175 g/mol. The summed E-state index contributed by atoms with van der Waals surface area (Å²) in [6.45, 7) is 2.05. The number of sulfone groups is 1. The average molecular weight is 175 g/mol. The van der Waals surface area contributed by atoms with E-state index in [9.17, 15) is 8.42 Å². The van der Waals surface area contributed by atoms with Crippen molar-refractivity contribution in [2.75, 3.05) is 19.3 Å². The van der Waals surface area contributed by atoms with Crippen molar-refractivity contribution in [2.24, 2.45) is 5.41 Å². The fourth-order valence-corrected chi connectivity index (χ4v) is 3.29. The lowest BCUT2D eigenvalue weighted by molar-refractivity contribution is 0.0643. The molecular formula is C7H13NO2S. The van der Waals surface area contributed by atoms with E-state index in [4.69, 9.17) is 0 Å². The van der Waals surface area contributed by atoms with Crippen molar-refractivity contribution in [2.45, 2.75) is 18.1 Å². The Morgan fingerprint density at radius 2 is 1.91 bits per heavy atom. The molecule has 3 nitrogen and oxygen atoms in total. The molecule has 64 valence electrons. The van der Waals surface area contributed by atoms with Crippen LogP contribution in [0.15, 0.2) is 0 Å². The van der Waals surface area contributed by atoms with E-state index >= 15 is 0 Å². The van der Waals surface area contributed by atoms with Crippen LogP contribution in [0, 0.1) is 5.41 Å². The standard InChI is InChI=1S/C7H13NO2S/c1-11(9,10)6-2-7(3-6)4-8-5-7/h6,8H,2-5H2,1H3. The Hall–Kier alpha value is -0.0900. The summed E-state index contributed by atoms with van der Waals surface area (Å²) in [6, 6.07) is 0. The summed E-state index contributed by atoms with van der Waals surface area (Å²) < 4.78 is 22.0. The molecule has 0 aromatic heterocycles. The van der Waals surface area contributed by atoms with Gasteiger partial charge in [0.2, 0.25) is 0 Å². The van der Waals surface area contributed by atoms with E-state index in [-0.39, 0.29) is 5.25 Å². The van der Waals surface area contributed by atoms with E-state index in [1.54, 1.807) is 0 Å². The van der Waals surface area contributed by atoms with Gasteiger partial charge in [0, 0.05) is 19.3 Å². The number of rotatable bonds is 1. The van der Waals surface area contributed by atoms with Crippen molar-refractivity contribution < 1.29 is 8.42 Å². The van der Waals surface area contributed by atoms with Gasteiger partial charge in [-0.25, -0.2) is 8.42 Å². The zero-order chi connectivity index (χ0) is 8.11. The zero-order valence-electron chi connectivity index (χ0n) is 6.63. The molecule has 2 rings (SSSR count). The van der Waals surface area contributed by atoms with Crippen LogP contribution in [0.3, 0.4) is 0 Å². The fourth-order valence-electron chi connectivity index (χ4n) is 1.98. The maximum Gasteiger partial charge on any atom is 0.150 e. The van der Waals surface area contributed by atoms with Crippen LogP contribution in [-0.2, 0) is 9.84 Å². The van der Waals surface area contributed by atoms with Crippen LogP contribution in [0.5, 0.6) is 0 Å². The first-order valence-corrected chi connectivity index (χ1v) is 5.87. The molecule has 1 saturated carbocycles. The Bertz CT molecular complexity index is 258. The van der Waals surface area contributed by atoms with Crippen LogP contribution in [-0.4, -0.2) is 33.0 Å². The third-order valence-corrected chi connectivity index (χ3v) is 4.47. The molecule has 4 heteroatoms. The van der Waals surface area contributed by atoms with Crippen LogP contribution in [0.25, 0.3) is 0 Å². The van der Waals surface area contributed by atoms with Gasteiger partial charge >= 0.3 is 0 Å².